The lowest BCUT2D eigenvalue weighted by Gasteiger charge is -2.28. The van der Waals surface area contributed by atoms with Crippen LogP contribution in [0.2, 0.25) is 0 Å². The van der Waals surface area contributed by atoms with Crippen LogP contribution in [-0.2, 0) is 35.3 Å². The first-order chi connectivity index (χ1) is 25.6. The van der Waals surface area contributed by atoms with Gasteiger partial charge in [0, 0.05) is 41.3 Å². The van der Waals surface area contributed by atoms with Crippen LogP contribution < -0.4 is 19.5 Å². The second-order valence-electron chi connectivity index (χ2n) is 14.2. The summed E-state index contributed by atoms with van der Waals surface area (Å²) >= 11 is 0.778. The van der Waals surface area contributed by atoms with Gasteiger partial charge in [0.25, 0.3) is 11.8 Å². The first-order valence-corrected chi connectivity index (χ1v) is 20.2. The molecule has 5 unspecified atom stereocenters. The molecule has 13 nitrogen and oxygen atoms in total. The van der Waals surface area contributed by atoms with Crippen LogP contribution in [0.3, 0.4) is 0 Å². The lowest BCUT2D eigenvalue weighted by atomic mass is 10.1. The summed E-state index contributed by atoms with van der Waals surface area (Å²) in [7, 11) is -2.43. The van der Waals surface area contributed by atoms with Gasteiger partial charge in [-0.3, -0.25) is 19.1 Å². The molecule has 3 amide bonds. The molecule has 7 rings (SSSR count). The van der Waals surface area contributed by atoms with Crippen molar-refractivity contribution in [3.05, 3.63) is 47.0 Å². The van der Waals surface area contributed by atoms with Gasteiger partial charge in [0.1, 0.15) is 46.0 Å². The Morgan fingerprint density at radius 3 is 2.65 bits per heavy atom. The number of benzene rings is 1. The smallest absolute Gasteiger partial charge is 0.434 e. The molecule has 54 heavy (non-hydrogen) atoms. The second-order valence-corrected chi connectivity index (χ2v) is 17.0. The molecule has 2 aromatic heterocycles. The van der Waals surface area contributed by atoms with Gasteiger partial charge in [-0.1, -0.05) is 12.2 Å². The molecule has 2 saturated carbocycles. The minimum atomic E-state index is -4.65. The van der Waals surface area contributed by atoms with Gasteiger partial charge in [0.2, 0.25) is 15.9 Å². The van der Waals surface area contributed by atoms with E-state index in [1.54, 1.807) is 26.0 Å². The van der Waals surface area contributed by atoms with E-state index in [4.69, 9.17) is 14.2 Å². The number of pyridine rings is 1. The van der Waals surface area contributed by atoms with Gasteiger partial charge in [0.05, 0.1) is 24.4 Å². The van der Waals surface area contributed by atoms with Gasteiger partial charge in [-0.2, -0.15) is 13.2 Å². The Labute approximate surface area is 313 Å². The summed E-state index contributed by atoms with van der Waals surface area (Å²) in [6.45, 7) is 3.60. The van der Waals surface area contributed by atoms with Crippen molar-refractivity contribution < 1.29 is 50.2 Å². The number of hydrogen-bond donors (Lipinski definition) is 2. The van der Waals surface area contributed by atoms with Crippen LogP contribution in [0.1, 0.15) is 63.1 Å². The van der Waals surface area contributed by atoms with E-state index >= 15 is 0 Å². The minimum absolute atomic E-state index is 0.0104. The van der Waals surface area contributed by atoms with E-state index in [9.17, 15) is 36.0 Å². The van der Waals surface area contributed by atoms with Crippen molar-refractivity contribution in [2.75, 3.05) is 20.3 Å². The number of amides is 3. The summed E-state index contributed by atoms with van der Waals surface area (Å²) in [5.41, 5.74) is -1.45. The number of alkyl halides is 3. The molecule has 3 fully saturated rings. The summed E-state index contributed by atoms with van der Waals surface area (Å²) < 4.78 is 86.0. The first-order valence-electron chi connectivity index (χ1n) is 17.8. The highest BCUT2D eigenvalue weighted by Gasteiger charge is 2.62. The molecule has 0 radical (unpaired) electrons. The summed E-state index contributed by atoms with van der Waals surface area (Å²) in [4.78, 5) is 51.5. The molecule has 1 saturated heterocycles. The highest BCUT2D eigenvalue weighted by molar-refractivity contribution is 7.91. The maximum absolute atomic E-state index is 14.2. The van der Waals surface area contributed by atoms with Crippen LogP contribution >= 0.6 is 11.3 Å². The lowest BCUT2D eigenvalue weighted by molar-refractivity contribution is -0.147. The summed E-state index contributed by atoms with van der Waals surface area (Å²) in [5, 5.41) is 3.61. The van der Waals surface area contributed by atoms with Gasteiger partial charge < -0.3 is 24.4 Å². The number of nitrogens with zero attached hydrogens (tertiary/aromatic N) is 3. The number of hydrogen-bond acceptors (Lipinski definition) is 11. The number of methoxy groups -OCH3 is 1. The molecular weight excluding hydrogens is 752 g/mol. The minimum Gasteiger partial charge on any atom is -0.496 e. The highest BCUT2D eigenvalue weighted by Crippen LogP contribution is 2.46. The van der Waals surface area contributed by atoms with E-state index in [1.165, 1.54) is 18.1 Å². The number of carbonyl (C=O) groups excluding carboxylic acids is 3. The van der Waals surface area contributed by atoms with Crippen molar-refractivity contribution in [3.8, 4) is 22.2 Å². The zero-order valence-electron chi connectivity index (χ0n) is 29.8. The monoisotopic (exact) mass is 791 g/mol. The van der Waals surface area contributed by atoms with Gasteiger partial charge >= 0.3 is 6.18 Å². The third kappa shape index (κ3) is 7.51. The molecular formula is C36H40F3N5O8S2. The van der Waals surface area contributed by atoms with E-state index in [1.807, 2.05) is 12.2 Å². The van der Waals surface area contributed by atoms with Gasteiger partial charge in [-0.05, 0) is 64.5 Å². The Bertz CT molecular complexity index is 2120. The van der Waals surface area contributed by atoms with Crippen molar-refractivity contribution in [2.24, 2.45) is 5.92 Å². The average molecular weight is 792 g/mol. The second kappa shape index (κ2) is 14.4. The van der Waals surface area contributed by atoms with Crippen LogP contribution in [0.15, 0.2) is 35.7 Å². The molecule has 2 aliphatic heterocycles. The number of thiazole rings is 1. The molecule has 290 valence electrons. The van der Waals surface area contributed by atoms with E-state index in [-0.39, 0.29) is 35.8 Å². The van der Waals surface area contributed by atoms with Gasteiger partial charge in [-0.15, -0.1) is 11.3 Å². The molecule has 5 atom stereocenters. The quantitative estimate of drug-likeness (QED) is 0.321. The Morgan fingerprint density at radius 1 is 1.17 bits per heavy atom. The highest BCUT2D eigenvalue weighted by atomic mass is 32.2. The van der Waals surface area contributed by atoms with Crippen LogP contribution in [0, 0.1) is 12.8 Å². The van der Waals surface area contributed by atoms with Crippen LogP contribution in [0.4, 0.5) is 13.2 Å². The van der Waals surface area contributed by atoms with Crippen molar-refractivity contribution in [1.29, 1.82) is 0 Å². The predicted octanol–water partition coefficient (Wildman–Crippen LogP) is 4.67. The number of nitrogens with one attached hydrogen (secondary N) is 2. The average Bonchev–Trinajstić information content (AvgIpc) is 3.99. The third-order valence-corrected chi connectivity index (χ3v) is 13.0. The summed E-state index contributed by atoms with van der Waals surface area (Å²) in [5.74, 6) is -1.68. The Hall–Kier alpha value is -4.29. The number of ether oxygens (including phenoxy) is 3. The lowest BCUT2D eigenvalue weighted by Crippen LogP contribution is -2.57. The van der Waals surface area contributed by atoms with Crippen molar-refractivity contribution in [3.63, 3.8) is 0 Å². The van der Waals surface area contributed by atoms with Crippen LogP contribution in [0.5, 0.6) is 11.5 Å². The van der Waals surface area contributed by atoms with Crippen LogP contribution in [-0.4, -0.2) is 90.3 Å². The predicted molar refractivity (Wildman–Crippen MR) is 191 cm³/mol. The number of aromatic nitrogens is 2. The standard InChI is InChI=1S/C36H40F3N5O8S2/c1-19-27(50-3)12-11-24-28(15-25(40-30(19)24)32-41-29(18-53-32)36(37,38)39)52-22-14-26-31(45)42-35(34(47)43-54(48,49)23-9-10-23)16-21(35)8-6-4-5-7-13-51-20(2)33(46)44(26)17-22/h6,8,11-12,15,18,20-23,26H,4-5,7,9-10,13-14,16-17H2,1-3H3,(H,42,45)(H,43,47). The molecule has 4 aliphatic rings. The third-order valence-electron chi connectivity index (χ3n) is 10.3. The molecule has 1 aromatic carbocycles. The van der Waals surface area contributed by atoms with Crippen molar-refractivity contribution in [2.45, 2.75) is 94.0 Å². The number of carbonyl (C=O) groups is 3. The SMILES string of the molecule is COc1ccc2c(OC3CC4C(=O)NC5(C(=O)NS(=O)(=O)C6CC6)CC5C=CCCCCOC(C)C(=O)N4C3)cc(-c3nc(C(F)(F)F)cs3)nc2c1C. The largest absolute Gasteiger partial charge is 0.496 e. The number of rotatable bonds is 7. The van der Waals surface area contributed by atoms with Gasteiger partial charge in [-0.25, -0.2) is 18.4 Å². The fraction of sp³-hybridized carbons (Fsp3) is 0.528. The van der Waals surface area contributed by atoms with E-state index in [2.05, 4.69) is 20.0 Å². The molecule has 2 N–H and O–H groups in total. The van der Waals surface area contributed by atoms with Crippen molar-refractivity contribution >= 4 is 50.0 Å². The normalized spacial score (nSPS) is 26.7. The fourth-order valence-corrected chi connectivity index (χ4v) is 9.19. The molecule has 2 aliphatic carbocycles. The van der Waals surface area contributed by atoms with Gasteiger partial charge in [0.15, 0.2) is 5.69 Å². The zero-order valence-corrected chi connectivity index (χ0v) is 31.4. The van der Waals surface area contributed by atoms with E-state index in [0.717, 1.165) is 23.1 Å². The number of fused-ring (bicyclic) bond motifs is 3. The Kier molecular flexibility index (Phi) is 10.1. The fourth-order valence-electron chi connectivity index (χ4n) is 7.04. The molecule has 4 heterocycles. The maximum Gasteiger partial charge on any atom is 0.434 e. The first kappa shape index (κ1) is 38.0. The molecule has 0 bridgehead atoms. The van der Waals surface area contributed by atoms with E-state index < -0.39 is 74.6 Å². The Morgan fingerprint density at radius 2 is 1.94 bits per heavy atom. The topological polar surface area (TPSA) is 166 Å². The van der Waals surface area contributed by atoms with Crippen LogP contribution in [0.25, 0.3) is 21.6 Å². The molecule has 18 heteroatoms. The summed E-state index contributed by atoms with van der Waals surface area (Å²) in [6, 6.07) is 3.77. The number of allylic oxidation sites excluding steroid dienone is 1. The van der Waals surface area contributed by atoms with E-state index in [0.29, 0.717) is 54.5 Å². The molecule has 0 spiro atoms. The van der Waals surface area contributed by atoms with Crippen molar-refractivity contribution in [1.82, 2.24) is 24.9 Å². The number of halogens is 3. The zero-order chi connectivity index (χ0) is 38.6. The number of aryl methyl sites for hydroxylation is 1. The number of sulfonamides is 1. The molecule has 3 aromatic rings. The Balaban J connectivity index is 1.22. The maximum atomic E-state index is 14.2. The summed E-state index contributed by atoms with van der Waals surface area (Å²) in [6.07, 6.45) is 0.507.